The van der Waals surface area contributed by atoms with Crippen LogP contribution >= 0.6 is 11.8 Å². The third-order valence-electron chi connectivity index (χ3n) is 2.56. The van der Waals surface area contributed by atoms with Crippen molar-refractivity contribution in [2.75, 3.05) is 0 Å². The highest BCUT2D eigenvalue weighted by atomic mass is 32.2. The molecule has 2 rings (SSSR count). The molecule has 1 aromatic heterocycles. The van der Waals surface area contributed by atoms with Gasteiger partial charge in [0.2, 0.25) is 11.8 Å². The Morgan fingerprint density at radius 3 is 2.58 bits per heavy atom. The minimum absolute atomic E-state index is 0.0252. The van der Waals surface area contributed by atoms with Crippen molar-refractivity contribution in [1.29, 1.82) is 0 Å². The molecule has 8 heteroatoms. The zero-order valence-electron chi connectivity index (χ0n) is 10.3. The zero-order chi connectivity index (χ0) is 14.2. The van der Waals surface area contributed by atoms with Crippen LogP contribution < -0.4 is 5.32 Å². The molecule has 0 aromatic carbocycles. The van der Waals surface area contributed by atoms with E-state index in [0.29, 0.717) is 11.5 Å². The summed E-state index contributed by atoms with van der Waals surface area (Å²) in [4.78, 5) is 41.9. The van der Waals surface area contributed by atoms with Crippen molar-refractivity contribution in [3.63, 3.8) is 0 Å². The van der Waals surface area contributed by atoms with Crippen molar-refractivity contribution in [2.24, 2.45) is 0 Å². The Labute approximate surface area is 112 Å². The molecule has 19 heavy (non-hydrogen) atoms. The first kappa shape index (κ1) is 13.5. The van der Waals surface area contributed by atoms with Gasteiger partial charge in [-0.1, -0.05) is 11.8 Å². The number of nitrogens with zero attached hydrogens (tertiary/aromatic N) is 2. The van der Waals surface area contributed by atoms with Crippen LogP contribution in [0.5, 0.6) is 0 Å². The van der Waals surface area contributed by atoms with Gasteiger partial charge in [0.15, 0.2) is 0 Å². The molecule has 1 unspecified atom stereocenters. The van der Waals surface area contributed by atoms with E-state index < -0.39 is 17.1 Å². The van der Waals surface area contributed by atoms with Crippen LogP contribution in [0.4, 0.5) is 0 Å². The van der Waals surface area contributed by atoms with Gasteiger partial charge < -0.3 is 5.11 Å². The maximum Gasteiger partial charge on any atom is 0.340 e. The minimum Gasteiger partial charge on any atom is -0.478 e. The summed E-state index contributed by atoms with van der Waals surface area (Å²) in [5, 5.41) is 10.9. The Hall–Kier alpha value is -1.96. The molecule has 100 valence electrons. The highest BCUT2D eigenvalue weighted by Gasteiger charge is 2.33. The lowest BCUT2D eigenvalue weighted by Gasteiger charge is -2.10. The number of aryl methyl sites for hydroxylation is 2. The van der Waals surface area contributed by atoms with Gasteiger partial charge in [-0.25, -0.2) is 14.8 Å². The highest BCUT2D eigenvalue weighted by molar-refractivity contribution is 8.00. The van der Waals surface area contributed by atoms with Crippen molar-refractivity contribution >= 4 is 29.5 Å². The Bertz CT molecular complexity index is 588. The van der Waals surface area contributed by atoms with E-state index in [-0.39, 0.29) is 22.9 Å². The summed E-state index contributed by atoms with van der Waals surface area (Å²) in [7, 11) is 0. The lowest BCUT2D eigenvalue weighted by Crippen LogP contribution is -2.23. The summed E-state index contributed by atoms with van der Waals surface area (Å²) >= 11 is 0.982. The first-order valence-corrected chi connectivity index (χ1v) is 6.35. The largest absolute Gasteiger partial charge is 0.478 e. The molecule has 0 saturated carbocycles. The first-order valence-electron chi connectivity index (χ1n) is 5.47. The van der Waals surface area contributed by atoms with Gasteiger partial charge in [0.1, 0.15) is 16.4 Å². The smallest absolute Gasteiger partial charge is 0.340 e. The molecule has 0 aliphatic carbocycles. The van der Waals surface area contributed by atoms with Gasteiger partial charge in [-0.2, -0.15) is 0 Å². The number of aromatic carboxylic acids is 1. The van der Waals surface area contributed by atoms with Gasteiger partial charge in [0, 0.05) is 6.42 Å². The predicted octanol–water partition coefficient (Wildman–Crippen LogP) is 0.299. The van der Waals surface area contributed by atoms with Crippen molar-refractivity contribution < 1.29 is 19.5 Å². The van der Waals surface area contributed by atoms with Crippen molar-refractivity contribution in [3.05, 3.63) is 17.1 Å². The van der Waals surface area contributed by atoms with Crippen LogP contribution in [0.1, 0.15) is 28.3 Å². The molecule has 0 radical (unpaired) electrons. The average molecular weight is 281 g/mol. The van der Waals surface area contributed by atoms with Crippen molar-refractivity contribution in [3.8, 4) is 0 Å². The van der Waals surface area contributed by atoms with E-state index in [2.05, 4.69) is 15.3 Å². The van der Waals surface area contributed by atoms with E-state index in [9.17, 15) is 14.4 Å². The van der Waals surface area contributed by atoms with Crippen LogP contribution in [0.2, 0.25) is 0 Å². The fourth-order valence-electron chi connectivity index (χ4n) is 1.77. The molecule has 1 aliphatic heterocycles. The molecule has 1 fully saturated rings. The van der Waals surface area contributed by atoms with Crippen LogP contribution in [-0.2, 0) is 9.59 Å². The number of thioether (sulfide) groups is 1. The SMILES string of the molecule is Cc1nc(C)c(C(=O)O)c(SC2CC(=O)NC2=O)n1. The monoisotopic (exact) mass is 281 g/mol. The topological polar surface area (TPSA) is 109 Å². The fraction of sp³-hybridized carbons (Fsp3) is 0.364. The summed E-state index contributed by atoms with van der Waals surface area (Å²) in [6, 6.07) is 0. The van der Waals surface area contributed by atoms with Crippen molar-refractivity contribution in [2.45, 2.75) is 30.5 Å². The number of aromatic nitrogens is 2. The number of carboxylic acids is 1. The standard InChI is InChI=1S/C11H11N3O4S/c1-4-8(11(17)18)10(13-5(2)12-4)19-6-3-7(15)14-9(6)16/h6H,3H2,1-2H3,(H,17,18)(H,14,15,16). The number of carbonyl (C=O) groups is 3. The third-order valence-corrected chi connectivity index (χ3v) is 3.75. The number of imide groups is 1. The predicted molar refractivity (Wildman–Crippen MR) is 65.9 cm³/mol. The van der Waals surface area contributed by atoms with E-state index in [0.717, 1.165) is 11.8 Å². The summed E-state index contributed by atoms with van der Waals surface area (Å²) in [6.45, 7) is 3.21. The zero-order valence-corrected chi connectivity index (χ0v) is 11.1. The summed E-state index contributed by atoms with van der Waals surface area (Å²) < 4.78 is 0. The number of carboxylic acid groups (broad SMARTS) is 1. The number of nitrogens with one attached hydrogen (secondary N) is 1. The van der Waals surface area contributed by atoms with Crippen LogP contribution in [0, 0.1) is 13.8 Å². The molecule has 1 saturated heterocycles. The lowest BCUT2D eigenvalue weighted by molar-refractivity contribution is -0.124. The molecule has 7 nitrogen and oxygen atoms in total. The Morgan fingerprint density at radius 2 is 2.05 bits per heavy atom. The first-order chi connectivity index (χ1) is 8.88. The molecular weight excluding hydrogens is 270 g/mol. The maximum absolute atomic E-state index is 11.5. The van der Waals surface area contributed by atoms with Gasteiger partial charge in [-0.05, 0) is 13.8 Å². The molecule has 2 heterocycles. The summed E-state index contributed by atoms with van der Waals surface area (Å²) in [5.41, 5.74) is 0.315. The van der Waals surface area contributed by atoms with E-state index in [1.807, 2.05) is 0 Å². The molecule has 1 atom stereocenters. The Balaban J connectivity index is 2.36. The molecule has 0 bridgehead atoms. The molecule has 2 amide bonds. The molecular formula is C11H11N3O4S. The van der Waals surface area contributed by atoms with E-state index in [4.69, 9.17) is 5.11 Å². The summed E-state index contributed by atoms with van der Waals surface area (Å²) in [6.07, 6.45) is 0.0324. The number of amides is 2. The van der Waals surface area contributed by atoms with Gasteiger partial charge in [-0.15, -0.1) is 0 Å². The third kappa shape index (κ3) is 2.73. The van der Waals surface area contributed by atoms with Crippen molar-refractivity contribution in [1.82, 2.24) is 15.3 Å². The molecule has 0 spiro atoms. The molecule has 2 N–H and O–H groups in total. The second kappa shape index (κ2) is 4.96. The lowest BCUT2D eigenvalue weighted by atomic mass is 10.2. The van der Waals surface area contributed by atoms with Gasteiger partial charge in [0.25, 0.3) is 0 Å². The average Bonchev–Trinajstić information content (AvgIpc) is 2.55. The fourth-order valence-corrected chi connectivity index (χ4v) is 2.98. The second-order valence-corrected chi connectivity index (χ2v) is 5.26. The van der Waals surface area contributed by atoms with Crippen LogP contribution in [-0.4, -0.2) is 38.1 Å². The number of carbonyl (C=O) groups excluding carboxylic acids is 2. The quantitative estimate of drug-likeness (QED) is 0.605. The highest BCUT2D eigenvalue weighted by Crippen LogP contribution is 2.30. The number of hydrogen-bond donors (Lipinski definition) is 2. The Kier molecular flexibility index (Phi) is 3.52. The van der Waals surface area contributed by atoms with Crippen LogP contribution in [0.15, 0.2) is 5.03 Å². The van der Waals surface area contributed by atoms with Crippen LogP contribution in [0.25, 0.3) is 0 Å². The minimum atomic E-state index is -1.15. The van der Waals surface area contributed by atoms with Crippen LogP contribution in [0.3, 0.4) is 0 Å². The Morgan fingerprint density at radius 1 is 1.37 bits per heavy atom. The van der Waals surface area contributed by atoms with Gasteiger partial charge in [-0.3, -0.25) is 14.9 Å². The van der Waals surface area contributed by atoms with Gasteiger partial charge >= 0.3 is 5.97 Å². The van der Waals surface area contributed by atoms with Gasteiger partial charge in [0.05, 0.1) is 10.9 Å². The number of hydrogen-bond acceptors (Lipinski definition) is 6. The number of rotatable bonds is 3. The normalized spacial score (nSPS) is 18.5. The molecule has 1 aromatic rings. The maximum atomic E-state index is 11.5. The molecule has 1 aliphatic rings. The van der Waals surface area contributed by atoms with E-state index in [1.54, 1.807) is 13.8 Å². The second-order valence-electron chi connectivity index (χ2n) is 4.06. The van der Waals surface area contributed by atoms with E-state index >= 15 is 0 Å². The van der Waals surface area contributed by atoms with E-state index in [1.165, 1.54) is 0 Å². The summed E-state index contributed by atoms with van der Waals surface area (Å²) in [5.74, 6) is -1.50.